The molecule has 0 amide bonds. The van der Waals surface area contributed by atoms with Gasteiger partial charge >= 0.3 is 5.69 Å². The summed E-state index contributed by atoms with van der Waals surface area (Å²) < 4.78 is 0. The van der Waals surface area contributed by atoms with Gasteiger partial charge in [0.05, 0.1) is 17.1 Å². The molecule has 1 aromatic heterocycles. The number of aliphatic hydroxyl groups excluding tert-OH is 1. The lowest BCUT2D eigenvalue weighted by molar-refractivity contribution is -0.384. The van der Waals surface area contributed by atoms with Crippen LogP contribution < -0.4 is 11.1 Å². The van der Waals surface area contributed by atoms with Gasteiger partial charge in [-0.25, -0.2) is 4.98 Å². The highest BCUT2D eigenvalue weighted by molar-refractivity contribution is 5.57. The number of nitrogens with two attached hydrogens (primary N) is 1. The SMILES string of the molecule is CC1CCC(CO)(Nc2nc(N)ncc2[N+](=O)[O-])CC1. The molecule has 1 aromatic rings. The lowest BCUT2D eigenvalue weighted by Crippen LogP contribution is -2.45. The van der Waals surface area contributed by atoms with E-state index in [0.717, 1.165) is 31.9 Å². The fraction of sp³-hybridized carbons (Fsp3) is 0.667. The van der Waals surface area contributed by atoms with Crippen LogP contribution in [-0.2, 0) is 0 Å². The zero-order valence-corrected chi connectivity index (χ0v) is 11.4. The Morgan fingerprint density at radius 2 is 2.25 bits per heavy atom. The van der Waals surface area contributed by atoms with Gasteiger partial charge in [-0.05, 0) is 31.6 Å². The third-order valence-corrected chi connectivity index (χ3v) is 3.90. The molecule has 0 unspecified atom stereocenters. The summed E-state index contributed by atoms with van der Waals surface area (Å²) in [7, 11) is 0. The van der Waals surface area contributed by atoms with Gasteiger partial charge in [0.25, 0.3) is 0 Å². The van der Waals surface area contributed by atoms with E-state index in [0.29, 0.717) is 5.92 Å². The van der Waals surface area contributed by atoms with Gasteiger partial charge in [0.15, 0.2) is 0 Å². The molecular formula is C12H19N5O3. The van der Waals surface area contributed by atoms with Gasteiger partial charge in [0, 0.05) is 0 Å². The summed E-state index contributed by atoms with van der Waals surface area (Å²) in [5, 5.41) is 23.7. The first-order valence-corrected chi connectivity index (χ1v) is 6.62. The van der Waals surface area contributed by atoms with Gasteiger partial charge in [-0.3, -0.25) is 10.1 Å². The number of hydrogen-bond donors (Lipinski definition) is 3. The molecule has 1 aliphatic carbocycles. The quantitative estimate of drug-likeness (QED) is 0.561. The van der Waals surface area contributed by atoms with Crippen molar-refractivity contribution in [3.05, 3.63) is 16.3 Å². The van der Waals surface area contributed by atoms with E-state index in [2.05, 4.69) is 22.2 Å². The van der Waals surface area contributed by atoms with Crippen molar-refractivity contribution in [1.29, 1.82) is 0 Å². The Labute approximate surface area is 116 Å². The number of aromatic nitrogens is 2. The number of nitrogens with zero attached hydrogens (tertiary/aromatic N) is 3. The normalized spacial score (nSPS) is 26.2. The van der Waals surface area contributed by atoms with Crippen LogP contribution in [0.15, 0.2) is 6.20 Å². The minimum Gasteiger partial charge on any atom is -0.394 e. The summed E-state index contributed by atoms with van der Waals surface area (Å²) in [5.41, 5.74) is 4.69. The lowest BCUT2D eigenvalue weighted by atomic mass is 9.77. The summed E-state index contributed by atoms with van der Waals surface area (Å²) in [4.78, 5) is 18.0. The summed E-state index contributed by atoms with van der Waals surface area (Å²) >= 11 is 0. The van der Waals surface area contributed by atoms with Crippen molar-refractivity contribution in [1.82, 2.24) is 9.97 Å². The van der Waals surface area contributed by atoms with Crippen molar-refractivity contribution in [2.75, 3.05) is 17.7 Å². The molecule has 0 bridgehead atoms. The van der Waals surface area contributed by atoms with Crippen molar-refractivity contribution in [2.45, 2.75) is 38.1 Å². The molecule has 1 fully saturated rings. The molecule has 0 saturated heterocycles. The lowest BCUT2D eigenvalue weighted by Gasteiger charge is -2.38. The van der Waals surface area contributed by atoms with Crippen LogP contribution >= 0.6 is 0 Å². The third-order valence-electron chi connectivity index (χ3n) is 3.90. The molecule has 8 nitrogen and oxygen atoms in total. The van der Waals surface area contributed by atoms with Crippen LogP contribution in [0.25, 0.3) is 0 Å². The van der Waals surface area contributed by atoms with Crippen LogP contribution in [0.3, 0.4) is 0 Å². The van der Waals surface area contributed by atoms with E-state index in [-0.39, 0.29) is 24.1 Å². The van der Waals surface area contributed by atoms with Crippen molar-refractivity contribution >= 4 is 17.5 Å². The zero-order chi connectivity index (χ0) is 14.8. The van der Waals surface area contributed by atoms with Crippen molar-refractivity contribution in [3.63, 3.8) is 0 Å². The third kappa shape index (κ3) is 2.96. The first-order valence-electron chi connectivity index (χ1n) is 6.62. The second-order valence-electron chi connectivity index (χ2n) is 5.47. The fourth-order valence-corrected chi connectivity index (χ4v) is 2.50. The maximum atomic E-state index is 11.0. The molecule has 0 aromatic carbocycles. The maximum absolute atomic E-state index is 11.0. The smallest absolute Gasteiger partial charge is 0.329 e. The summed E-state index contributed by atoms with van der Waals surface area (Å²) in [6, 6.07) is 0. The van der Waals surface area contributed by atoms with E-state index in [9.17, 15) is 15.2 Å². The Morgan fingerprint density at radius 3 is 2.80 bits per heavy atom. The standard InChI is InChI=1S/C12H19N5O3/c1-8-2-4-12(7-18,5-3-8)16-10-9(17(19)20)6-14-11(13)15-10/h6,8,18H,2-5,7H2,1H3,(H3,13,14,15,16). The van der Waals surface area contributed by atoms with Crippen LogP contribution in [0.1, 0.15) is 32.6 Å². The first-order chi connectivity index (χ1) is 9.46. The van der Waals surface area contributed by atoms with Crippen molar-refractivity contribution in [2.24, 2.45) is 5.92 Å². The molecule has 1 aliphatic rings. The highest BCUT2D eigenvalue weighted by atomic mass is 16.6. The Kier molecular flexibility index (Phi) is 4.03. The summed E-state index contributed by atoms with van der Waals surface area (Å²) in [6.07, 6.45) is 4.49. The van der Waals surface area contributed by atoms with Crippen LogP contribution in [0.5, 0.6) is 0 Å². The molecule has 0 atom stereocenters. The molecule has 20 heavy (non-hydrogen) atoms. The molecule has 0 aliphatic heterocycles. The van der Waals surface area contributed by atoms with Gasteiger partial charge in [0.1, 0.15) is 6.20 Å². The van der Waals surface area contributed by atoms with Crippen LogP contribution in [-0.4, -0.2) is 32.1 Å². The predicted molar refractivity (Wildman–Crippen MR) is 74.2 cm³/mol. The van der Waals surface area contributed by atoms with E-state index >= 15 is 0 Å². The molecular weight excluding hydrogens is 262 g/mol. The summed E-state index contributed by atoms with van der Waals surface area (Å²) in [6.45, 7) is 2.06. The number of nitrogens with one attached hydrogen (secondary N) is 1. The van der Waals surface area contributed by atoms with Crippen LogP contribution in [0.4, 0.5) is 17.5 Å². The first kappa shape index (κ1) is 14.4. The monoisotopic (exact) mass is 281 g/mol. The predicted octanol–water partition coefficient (Wildman–Crippen LogP) is 1.32. The Bertz CT molecular complexity index is 500. The second kappa shape index (κ2) is 5.58. The van der Waals surface area contributed by atoms with Gasteiger partial charge in [0.2, 0.25) is 11.8 Å². The maximum Gasteiger partial charge on any atom is 0.329 e. The molecule has 1 saturated carbocycles. The number of aliphatic hydroxyl groups is 1. The molecule has 0 radical (unpaired) electrons. The highest BCUT2D eigenvalue weighted by Crippen LogP contribution is 2.35. The second-order valence-corrected chi connectivity index (χ2v) is 5.47. The minimum absolute atomic E-state index is 0.0321. The summed E-state index contributed by atoms with van der Waals surface area (Å²) in [5.74, 6) is 0.642. The van der Waals surface area contributed by atoms with E-state index in [1.54, 1.807) is 0 Å². The van der Waals surface area contributed by atoms with E-state index in [1.165, 1.54) is 0 Å². The van der Waals surface area contributed by atoms with Gasteiger partial charge < -0.3 is 16.2 Å². The molecule has 2 rings (SSSR count). The number of nitro groups is 1. The molecule has 8 heteroatoms. The Morgan fingerprint density at radius 1 is 1.60 bits per heavy atom. The number of anilines is 2. The van der Waals surface area contributed by atoms with Crippen LogP contribution in [0.2, 0.25) is 0 Å². The number of hydrogen-bond acceptors (Lipinski definition) is 7. The largest absolute Gasteiger partial charge is 0.394 e. The van der Waals surface area contributed by atoms with Gasteiger partial charge in [-0.2, -0.15) is 4.98 Å². The Hall–Kier alpha value is -1.96. The topological polar surface area (TPSA) is 127 Å². The molecule has 1 heterocycles. The molecule has 0 spiro atoms. The average molecular weight is 281 g/mol. The minimum atomic E-state index is -0.571. The van der Waals surface area contributed by atoms with E-state index in [1.807, 2.05) is 0 Å². The van der Waals surface area contributed by atoms with Gasteiger partial charge in [-0.15, -0.1) is 0 Å². The molecule has 4 N–H and O–H groups in total. The van der Waals surface area contributed by atoms with Crippen LogP contribution in [0, 0.1) is 16.0 Å². The zero-order valence-electron chi connectivity index (χ0n) is 11.4. The van der Waals surface area contributed by atoms with E-state index < -0.39 is 10.5 Å². The van der Waals surface area contributed by atoms with E-state index in [4.69, 9.17) is 5.73 Å². The fourth-order valence-electron chi connectivity index (χ4n) is 2.50. The number of rotatable bonds is 4. The Balaban J connectivity index is 2.27. The highest BCUT2D eigenvalue weighted by Gasteiger charge is 2.35. The van der Waals surface area contributed by atoms with Gasteiger partial charge in [-0.1, -0.05) is 6.92 Å². The van der Waals surface area contributed by atoms with Crippen molar-refractivity contribution in [3.8, 4) is 0 Å². The average Bonchev–Trinajstić information content (AvgIpc) is 2.41. The number of nitrogen functional groups attached to an aromatic ring is 1. The molecule has 110 valence electrons. The van der Waals surface area contributed by atoms with Crippen molar-refractivity contribution < 1.29 is 10.0 Å².